The van der Waals surface area contributed by atoms with Crippen molar-refractivity contribution in [1.29, 1.82) is 0 Å². The van der Waals surface area contributed by atoms with Crippen LogP contribution >= 0.6 is 0 Å². The van der Waals surface area contributed by atoms with Gasteiger partial charge in [-0.1, -0.05) is 0 Å². The largest absolute Gasteiger partial charge is 0.489 e. The van der Waals surface area contributed by atoms with Gasteiger partial charge in [-0.3, -0.25) is 4.98 Å². The Bertz CT molecular complexity index is 612. The number of hydrogen-bond donors (Lipinski definition) is 3. The number of aromatic nitrogens is 2. The van der Waals surface area contributed by atoms with Gasteiger partial charge in [-0.15, -0.1) is 0 Å². The van der Waals surface area contributed by atoms with Crippen LogP contribution < -0.4 is 10.1 Å². The predicted octanol–water partition coefficient (Wildman–Crippen LogP) is 2.14. The topological polar surface area (TPSA) is 96.5 Å². The maximum absolute atomic E-state index is 11.0. The molecule has 7 nitrogen and oxygen atoms in total. The molecule has 0 spiro atoms. The summed E-state index contributed by atoms with van der Waals surface area (Å²) in [5.41, 5.74) is 1.34. The molecule has 0 aliphatic heterocycles. The molecule has 0 aliphatic carbocycles. The average molecular weight is 305 g/mol. The van der Waals surface area contributed by atoms with Crippen LogP contribution in [0.3, 0.4) is 0 Å². The highest BCUT2D eigenvalue weighted by atomic mass is 16.5. The first-order valence-electron chi connectivity index (χ1n) is 7.01. The number of ether oxygens (including phenoxy) is 2. The summed E-state index contributed by atoms with van der Waals surface area (Å²) in [6, 6.07) is 5.28. The van der Waals surface area contributed by atoms with Crippen LogP contribution in [0.5, 0.6) is 5.75 Å². The van der Waals surface area contributed by atoms with E-state index in [0.717, 1.165) is 0 Å². The fourth-order valence-electron chi connectivity index (χ4n) is 1.91. The summed E-state index contributed by atoms with van der Waals surface area (Å²) < 4.78 is 10.9. The van der Waals surface area contributed by atoms with Crippen LogP contribution in [0, 0.1) is 0 Å². The highest BCUT2D eigenvalue weighted by Crippen LogP contribution is 2.19. The van der Waals surface area contributed by atoms with Gasteiger partial charge in [0.1, 0.15) is 23.7 Å². The van der Waals surface area contributed by atoms with Crippen molar-refractivity contribution in [3.8, 4) is 5.75 Å². The van der Waals surface area contributed by atoms with Gasteiger partial charge in [-0.25, -0.2) is 4.79 Å². The maximum atomic E-state index is 11.0. The second kappa shape index (κ2) is 8.04. The second-order valence-corrected chi connectivity index (χ2v) is 4.42. The molecule has 0 amide bonds. The molecule has 0 aromatic carbocycles. The van der Waals surface area contributed by atoms with Crippen LogP contribution in [0.4, 0.5) is 5.69 Å². The summed E-state index contributed by atoms with van der Waals surface area (Å²) in [6.45, 7) is 3.89. The van der Waals surface area contributed by atoms with Gasteiger partial charge in [0.25, 0.3) is 0 Å². The van der Waals surface area contributed by atoms with Crippen LogP contribution in [0.15, 0.2) is 30.6 Å². The van der Waals surface area contributed by atoms with Gasteiger partial charge in [0, 0.05) is 19.0 Å². The smallest absolute Gasteiger partial charge is 0.354 e. The standard InChI is InChI=1S/C15H19N3O4/c1-2-21-8-9-22-13-4-3-6-16-12(13)10-18-11-5-7-17-14(11)15(19)20/h3-7,17-18H,2,8-10H2,1H3,(H,19,20). The Hall–Kier alpha value is -2.54. The van der Waals surface area contributed by atoms with Crippen molar-refractivity contribution < 1.29 is 19.4 Å². The molecule has 118 valence electrons. The third-order valence-corrected chi connectivity index (χ3v) is 2.94. The molecule has 7 heteroatoms. The Kier molecular flexibility index (Phi) is 5.79. The molecule has 2 heterocycles. The summed E-state index contributed by atoms with van der Waals surface area (Å²) >= 11 is 0. The number of pyridine rings is 1. The highest BCUT2D eigenvalue weighted by molar-refractivity contribution is 5.92. The molecule has 0 saturated heterocycles. The van der Waals surface area contributed by atoms with Gasteiger partial charge in [0.15, 0.2) is 0 Å². The van der Waals surface area contributed by atoms with Crippen molar-refractivity contribution >= 4 is 11.7 Å². The van der Waals surface area contributed by atoms with Crippen molar-refractivity contribution in [1.82, 2.24) is 9.97 Å². The number of aromatic carboxylic acids is 1. The number of carbonyl (C=O) groups is 1. The number of rotatable bonds is 9. The molecule has 0 radical (unpaired) electrons. The first-order chi connectivity index (χ1) is 10.7. The number of aromatic amines is 1. The molecule has 2 rings (SSSR count). The summed E-state index contributed by atoms with van der Waals surface area (Å²) in [5.74, 6) is -0.358. The Morgan fingerprint density at radius 3 is 3.05 bits per heavy atom. The molecular weight excluding hydrogens is 286 g/mol. The molecule has 22 heavy (non-hydrogen) atoms. The molecule has 0 fully saturated rings. The zero-order valence-corrected chi connectivity index (χ0v) is 12.3. The molecule has 0 atom stereocenters. The fourth-order valence-corrected chi connectivity index (χ4v) is 1.91. The van der Waals surface area contributed by atoms with E-state index in [0.29, 0.717) is 43.5 Å². The Labute approximate surface area is 128 Å². The van der Waals surface area contributed by atoms with E-state index in [2.05, 4.69) is 15.3 Å². The zero-order chi connectivity index (χ0) is 15.8. The zero-order valence-electron chi connectivity index (χ0n) is 12.3. The Morgan fingerprint density at radius 2 is 2.27 bits per heavy atom. The van der Waals surface area contributed by atoms with E-state index in [1.54, 1.807) is 24.5 Å². The molecule has 3 N–H and O–H groups in total. The number of carboxylic acid groups (broad SMARTS) is 1. The lowest BCUT2D eigenvalue weighted by molar-refractivity contribution is 0.0692. The third kappa shape index (κ3) is 4.23. The van der Waals surface area contributed by atoms with Gasteiger partial charge in [-0.05, 0) is 25.1 Å². The third-order valence-electron chi connectivity index (χ3n) is 2.94. The molecule has 0 saturated carbocycles. The maximum Gasteiger partial charge on any atom is 0.354 e. The minimum atomic E-state index is -1.01. The second-order valence-electron chi connectivity index (χ2n) is 4.42. The SMILES string of the molecule is CCOCCOc1cccnc1CNc1cc[nH]c1C(=O)O. The van der Waals surface area contributed by atoms with E-state index >= 15 is 0 Å². The number of H-pyrrole nitrogens is 1. The summed E-state index contributed by atoms with van der Waals surface area (Å²) in [4.78, 5) is 18.0. The van der Waals surface area contributed by atoms with E-state index in [9.17, 15) is 4.79 Å². The number of nitrogens with zero attached hydrogens (tertiary/aromatic N) is 1. The molecule has 2 aromatic rings. The van der Waals surface area contributed by atoms with E-state index in [1.165, 1.54) is 0 Å². The van der Waals surface area contributed by atoms with E-state index < -0.39 is 5.97 Å². The minimum Gasteiger partial charge on any atom is -0.489 e. The first-order valence-corrected chi connectivity index (χ1v) is 7.01. The van der Waals surface area contributed by atoms with Crippen LogP contribution in [0.2, 0.25) is 0 Å². The molecule has 0 bridgehead atoms. The first kappa shape index (κ1) is 15.8. The van der Waals surface area contributed by atoms with Crippen molar-refractivity contribution in [2.24, 2.45) is 0 Å². The predicted molar refractivity (Wildman–Crippen MR) is 81.3 cm³/mol. The van der Waals surface area contributed by atoms with Gasteiger partial charge in [-0.2, -0.15) is 0 Å². The molecule has 2 aromatic heterocycles. The quantitative estimate of drug-likeness (QED) is 0.614. The number of carboxylic acids is 1. The summed E-state index contributed by atoms with van der Waals surface area (Å²) in [7, 11) is 0. The van der Waals surface area contributed by atoms with Crippen LogP contribution in [-0.4, -0.2) is 40.9 Å². The minimum absolute atomic E-state index is 0.120. The van der Waals surface area contributed by atoms with Crippen LogP contribution in [-0.2, 0) is 11.3 Å². The lowest BCUT2D eigenvalue weighted by atomic mass is 10.3. The average Bonchev–Trinajstić information content (AvgIpc) is 2.99. The monoisotopic (exact) mass is 305 g/mol. The van der Waals surface area contributed by atoms with Crippen LogP contribution in [0.25, 0.3) is 0 Å². The fraction of sp³-hybridized carbons (Fsp3) is 0.333. The number of nitrogens with one attached hydrogen (secondary N) is 2. The molecule has 0 unspecified atom stereocenters. The van der Waals surface area contributed by atoms with Crippen molar-refractivity contribution in [3.63, 3.8) is 0 Å². The summed E-state index contributed by atoms with van der Waals surface area (Å²) in [5, 5.41) is 12.1. The lowest BCUT2D eigenvalue weighted by Crippen LogP contribution is -2.11. The van der Waals surface area contributed by atoms with Crippen molar-refractivity contribution in [3.05, 3.63) is 42.0 Å². The molecule has 0 aliphatic rings. The van der Waals surface area contributed by atoms with E-state index in [-0.39, 0.29) is 5.69 Å². The summed E-state index contributed by atoms with van der Waals surface area (Å²) in [6.07, 6.45) is 3.24. The normalized spacial score (nSPS) is 10.4. The Balaban J connectivity index is 1.97. The number of anilines is 1. The van der Waals surface area contributed by atoms with Gasteiger partial charge >= 0.3 is 5.97 Å². The van der Waals surface area contributed by atoms with Crippen molar-refractivity contribution in [2.75, 3.05) is 25.1 Å². The molecular formula is C15H19N3O4. The van der Waals surface area contributed by atoms with Crippen molar-refractivity contribution in [2.45, 2.75) is 13.5 Å². The Morgan fingerprint density at radius 1 is 1.41 bits per heavy atom. The van der Waals surface area contributed by atoms with Gasteiger partial charge in [0.2, 0.25) is 0 Å². The van der Waals surface area contributed by atoms with Gasteiger partial charge in [0.05, 0.1) is 18.8 Å². The van der Waals surface area contributed by atoms with E-state index in [1.807, 2.05) is 13.0 Å². The number of hydrogen-bond acceptors (Lipinski definition) is 5. The lowest BCUT2D eigenvalue weighted by Gasteiger charge is -2.11. The van der Waals surface area contributed by atoms with Crippen LogP contribution in [0.1, 0.15) is 23.1 Å². The van der Waals surface area contributed by atoms with E-state index in [4.69, 9.17) is 14.6 Å². The van der Waals surface area contributed by atoms with Gasteiger partial charge < -0.3 is 24.9 Å². The highest BCUT2D eigenvalue weighted by Gasteiger charge is 2.12.